The molecule has 3 rings (SSSR count). The molecule has 0 saturated heterocycles. The summed E-state index contributed by atoms with van der Waals surface area (Å²) < 4.78 is 0. The van der Waals surface area contributed by atoms with Gasteiger partial charge in [-0.05, 0) is 25.3 Å². The number of aliphatic hydroxyl groups is 1. The van der Waals surface area contributed by atoms with Crippen molar-refractivity contribution < 1.29 is 5.11 Å². The number of hydrogen-bond acceptors (Lipinski definition) is 5. The number of hydrogen-bond donors (Lipinski definition) is 2. The van der Waals surface area contributed by atoms with Crippen LogP contribution in [0, 0.1) is 0 Å². The SMILES string of the molecule is CCc1cc2c(NC3(CO)CCCC3)ncnc2s1. The molecule has 0 unspecified atom stereocenters. The summed E-state index contributed by atoms with van der Waals surface area (Å²) in [6, 6.07) is 2.17. The van der Waals surface area contributed by atoms with Crippen molar-refractivity contribution in [1.82, 2.24) is 9.97 Å². The van der Waals surface area contributed by atoms with Crippen LogP contribution in [0.2, 0.25) is 0 Å². The molecule has 0 aromatic carbocycles. The Hall–Kier alpha value is -1.20. The monoisotopic (exact) mass is 277 g/mol. The van der Waals surface area contributed by atoms with E-state index in [9.17, 15) is 5.11 Å². The lowest BCUT2D eigenvalue weighted by Crippen LogP contribution is -2.39. The van der Waals surface area contributed by atoms with Crippen molar-refractivity contribution in [2.45, 2.75) is 44.6 Å². The summed E-state index contributed by atoms with van der Waals surface area (Å²) in [6.45, 7) is 2.32. The van der Waals surface area contributed by atoms with Crippen LogP contribution in [0.4, 0.5) is 5.82 Å². The highest BCUT2D eigenvalue weighted by molar-refractivity contribution is 7.18. The Balaban J connectivity index is 1.98. The first-order valence-corrected chi connectivity index (χ1v) is 7.70. The highest BCUT2D eigenvalue weighted by Gasteiger charge is 2.33. The lowest BCUT2D eigenvalue weighted by atomic mass is 9.99. The van der Waals surface area contributed by atoms with E-state index in [0.29, 0.717) is 0 Å². The lowest BCUT2D eigenvalue weighted by molar-refractivity contribution is 0.214. The number of aliphatic hydroxyl groups excluding tert-OH is 1. The Morgan fingerprint density at radius 3 is 2.84 bits per heavy atom. The van der Waals surface area contributed by atoms with E-state index in [1.165, 1.54) is 17.7 Å². The largest absolute Gasteiger partial charge is 0.394 e. The second-order valence-electron chi connectivity index (χ2n) is 5.28. The van der Waals surface area contributed by atoms with Crippen molar-refractivity contribution in [3.05, 3.63) is 17.3 Å². The quantitative estimate of drug-likeness (QED) is 0.902. The van der Waals surface area contributed by atoms with Crippen LogP contribution in [0.15, 0.2) is 12.4 Å². The second-order valence-corrected chi connectivity index (χ2v) is 6.39. The number of aryl methyl sites for hydroxylation is 1. The van der Waals surface area contributed by atoms with Gasteiger partial charge in [0, 0.05) is 4.88 Å². The molecule has 0 aliphatic heterocycles. The predicted molar refractivity (Wildman–Crippen MR) is 78.7 cm³/mol. The second kappa shape index (κ2) is 5.06. The standard InChI is InChI=1S/C14H19N3OS/c1-2-10-7-11-12(15-9-16-13(11)19-10)17-14(8-18)5-3-4-6-14/h7,9,18H,2-6,8H2,1H3,(H,15,16,17). The summed E-state index contributed by atoms with van der Waals surface area (Å²) in [6.07, 6.45) is 7.00. The van der Waals surface area contributed by atoms with E-state index in [-0.39, 0.29) is 12.1 Å². The molecule has 2 aromatic rings. The normalized spacial score (nSPS) is 18.0. The average Bonchev–Trinajstić information content (AvgIpc) is 3.06. The molecule has 2 N–H and O–H groups in total. The van der Waals surface area contributed by atoms with Gasteiger partial charge in [0.25, 0.3) is 0 Å². The van der Waals surface area contributed by atoms with E-state index in [4.69, 9.17) is 0 Å². The first kappa shape index (κ1) is 12.8. The summed E-state index contributed by atoms with van der Waals surface area (Å²) in [5, 5.41) is 14.3. The van der Waals surface area contributed by atoms with Crippen LogP contribution in [0.5, 0.6) is 0 Å². The van der Waals surface area contributed by atoms with Crippen molar-refractivity contribution >= 4 is 27.4 Å². The summed E-state index contributed by atoms with van der Waals surface area (Å²) in [5.41, 5.74) is -0.185. The van der Waals surface area contributed by atoms with E-state index >= 15 is 0 Å². The molecule has 5 heteroatoms. The van der Waals surface area contributed by atoms with E-state index < -0.39 is 0 Å². The van der Waals surface area contributed by atoms with E-state index in [1.807, 2.05) is 0 Å². The Bertz CT molecular complexity index is 575. The molecular weight excluding hydrogens is 258 g/mol. The van der Waals surface area contributed by atoms with Crippen molar-refractivity contribution in [2.75, 3.05) is 11.9 Å². The summed E-state index contributed by atoms with van der Waals surface area (Å²) in [7, 11) is 0. The van der Waals surface area contributed by atoms with Gasteiger partial charge < -0.3 is 10.4 Å². The van der Waals surface area contributed by atoms with Crippen LogP contribution in [-0.2, 0) is 6.42 Å². The van der Waals surface area contributed by atoms with Crippen molar-refractivity contribution in [2.24, 2.45) is 0 Å². The third-order valence-electron chi connectivity index (χ3n) is 3.98. The molecule has 1 fully saturated rings. The Kier molecular flexibility index (Phi) is 3.41. The minimum absolute atomic E-state index is 0.170. The molecule has 2 heterocycles. The fourth-order valence-electron chi connectivity index (χ4n) is 2.80. The fraction of sp³-hybridized carbons (Fsp3) is 0.571. The van der Waals surface area contributed by atoms with E-state index in [0.717, 1.165) is 35.3 Å². The third kappa shape index (κ3) is 2.32. The molecule has 2 aromatic heterocycles. The molecular formula is C14H19N3OS. The highest BCUT2D eigenvalue weighted by atomic mass is 32.1. The first-order chi connectivity index (χ1) is 9.26. The van der Waals surface area contributed by atoms with Gasteiger partial charge in [-0.15, -0.1) is 11.3 Å². The first-order valence-electron chi connectivity index (χ1n) is 6.89. The topological polar surface area (TPSA) is 58.0 Å². The predicted octanol–water partition coefficient (Wildman–Crippen LogP) is 2.97. The van der Waals surface area contributed by atoms with Gasteiger partial charge in [-0.3, -0.25) is 0 Å². The lowest BCUT2D eigenvalue weighted by Gasteiger charge is -2.28. The van der Waals surface area contributed by atoms with Gasteiger partial charge in [-0.1, -0.05) is 19.8 Å². The van der Waals surface area contributed by atoms with Gasteiger partial charge in [0.2, 0.25) is 0 Å². The summed E-state index contributed by atoms with van der Waals surface area (Å²) in [4.78, 5) is 11.1. The minimum atomic E-state index is -0.185. The van der Waals surface area contributed by atoms with Crippen LogP contribution in [-0.4, -0.2) is 27.2 Å². The van der Waals surface area contributed by atoms with Gasteiger partial charge in [0.1, 0.15) is 17.0 Å². The third-order valence-corrected chi connectivity index (χ3v) is 5.16. The number of rotatable bonds is 4. The number of aromatic nitrogens is 2. The zero-order chi connectivity index (χ0) is 13.3. The van der Waals surface area contributed by atoms with Crippen molar-refractivity contribution in [3.63, 3.8) is 0 Å². The molecule has 0 amide bonds. The minimum Gasteiger partial charge on any atom is -0.394 e. The molecule has 1 aliphatic rings. The van der Waals surface area contributed by atoms with Crippen LogP contribution >= 0.6 is 11.3 Å². The van der Waals surface area contributed by atoms with Crippen LogP contribution in [0.3, 0.4) is 0 Å². The Labute approximate surface area is 116 Å². The van der Waals surface area contributed by atoms with Gasteiger partial charge in [-0.25, -0.2) is 9.97 Å². The maximum absolute atomic E-state index is 9.70. The van der Waals surface area contributed by atoms with Gasteiger partial charge in [0.15, 0.2) is 0 Å². The fourth-order valence-corrected chi connectivity index (χ4v) is 3.74. The van der Waals surface area contributed by atoms with Crippen LogP contribution in [0.25, 0.3) is 10.2 Å². The molecule has 0 spiro atoms. The zero-order valence-electron chi connectivity index (χ0n) is 11.1. The van der Waals surface area contributed by atoms with Gasteiger partial charge in [-0.2, -0.15) is 0 Å². The van der Waals surface area contributed by atoms with Gasteiger partial charge >= 0.3 is 0 Å². The zero-order valence-corrected chi connectivity index (χ0v) is 12.0. The van der Waals surface area contributed by atoms with Crippen LogP contribution < -0.4 is 5.32 Å². The van der Waals surface area contributed by atoms with Gasteiger partial charge in [0.05, 0.1) is 17.5 Å². The molecule has 0 radical (unpaired) electrons. The Morgan fingerprint density at radius 2 is 2.16 bits per heavy atom. The van der Waals surface area contributed by atoms with E-state index in [1.54, 1.807) is 17.7 Å². The average molecular weight is 277 g/mol. The van der Waals surface area contributed by atoms with Crippen LogP contribution in [0.1, 0.15) is 37.5 Å². The Morgan fingerprint density at radius 1 is 1.37 bits per heavy atom. The molecule has 1 aliphatic carbocycles. The highest BCUT2D eigenvalue weighted by Crippen LogP contribution is 2.35. The molecule has 0 atom stereocenters. The number of nitrogens with zero attached hydrogens (tertiary/aromatic N) is 2. The maximum Gasteiger partial charge on any atom is 0.138 e. The summed E-state index contributed by atoms with van der Waals surface area (Å²) >= 11 is 1.72. The molecule has 102 valence electrons. The molecule has 1 saturated carbocycles. The molecule has 4 nitrogen and oxygen atoms in total. The smallest absolute Gasteiger partial charge is 0.138 e. The number of anilines is 1. The molecule has 19 heavy (non-hydrogen) atoms. The van der Waals surface area contributed by atoms with Crippen molar-refractivity contribution in [3.8, 4) is 0 Å². The maximum atomic E-state index is 9.70. The van der Waals surface area contributed by atoms with Crippen molar-refractivity contribution in [1.29, 1.82) is 0 Å². The number of fused-ring (bicyclic) bond motifs is 1. The summed E-state index contributed by atoms with van der Waals surface area (Å²) in [5.74, 6) is 0.872. The number of nitrogens with one attached hydrogen (secondary N) is 1. The van der Waals surface area contributed by atoms with E-state index in [2.05, 4.69) is 28.3 Å². The number of thiophene rings is 1. The molecule has 0 bridgehead atoms.